The van der Waals surface area contributed by atoms with Gasteiger partial charge in [0.1, 0.15) is 17.3 Å². The third-order valence-electron chi connectivity index (χ3n) is 4.81. The number of hydrogen-bond donors (Lipinski definition) is 1. The Morgan fingerprint density at radius 3 is 2.56 bits per heavy atom. The van der Waals surface area contributed by atoms with Crippen molar-refractivity contribution in [1.29, 1.82) is 0 Å². The van der Waals surface area contributed by atoms with Gasteiger partial charge in [-0.3, -0.25) is 4.79 Å². The first-order valence-corrected chi connectivity index (χ1v) is 8.99. The molecule has 0 spiro atoms. The molecule has 1 N–H and O–H groups in total. The van der Waals surface area contributed by atoms with Crippen LogP contribution in [0.3, 0.4) is 0 Å². The van der Waals surface area contributed by atoms with Crippen LogP contribution in [0.15, 0.2) is 36.4 Å². The molecule has 3 rings (SSSR count). The Hall–Kier alpha value is -2.43. The fourth-order valence-electron chi connectivity index (χ4n) is 3.16. The molecule has 1 aliphatic heterocycles. The van der Waals surface area contributed by atoms with Gasteiger partial charge in [-0.25, -0.2) is 9.97 Å². The maximum atomic E-state index is 12.6. The zero-order valence-electron chi connectivity index (χ0n) is 15.2. The Morgan fingerprint density at radius 2 is 1.88 bits per heavy atom. The third kappa shape index (κ3) is 4.35. The molecule has 0 saturated carbocycles. The lowest BCUT2D eigenvalue weighted by molar-refractivity contribution is 0.0934. The van der Waals surface area contributed by atoms with Crippen molar-refractivity contribution in [3.63, 3.8) is 0 Å². The number of nitrogens with one attached hydrogen (secondary N) is 1. The maximum Gasteiger partial charge on any atom is 0.270 e. The predicted molar refractivity (Wildman–Crippen MR) is 99.7 cm³/mol. The van der Waals surface area contributed by atoms with Gasteiger partial charge >= 0.3 is 0 Å². The van der Waals surface area contributed by atoms with E-state index in [1.54, 1.807) is 0 Å². The molecule has 0 aliphatic carbocycles. The molecule has 1 saturated heterocycles. The van der Waals surface area contributed by atoms with Crippen LogP contribution in [0.1, 0.15) is 54.6 Å². The molecule has 1 aromatic heterocycles. The Balaban J connectivity index is 1.74. The molecule has 25 heavy (non-hydrogen) atoms. The van der Waals surface area contributed by atoms with E-state index >= 15 is 0 Å². The monoisotopic (exact) mass is 338 g/mol. The molecule has 2 aromatic rings. The molecule has 5 nitrogen and oxygen atoms in total. The minimum Gasteiger partial charge on any atom is -0.356 e. The van der Waals surface area contributed by atoms with Gasteiger partial charge in [-0.15, -0.1) is 0 Å². The first-order valence-electron chi connectivity index (χ1n) is 8.99. The fourth-order valence-corrected chi connectivity index (χ4v) is 3.16. The smallest absolute Gasteiger partial charge is 0.270 e. The van der Waals surface area contributed by atoms with E-state index in [0.29, 0.717) is 11.5 Å². The van der Waals surface area contributed by atoms with E-state index in [1.165, 1.54) is 0 Å². The van der Waals surface area contributed by atoms with E-state index in [-0.39, 0.29) is 11.9 Å². The summed E-state index contributed by atoms with van der Waals surface area (Å²) < 4.78 is 0. The van der Waals surface area contributed by atoms with Crippen LogP contribution in [-0.2, 0) is 0 Å². The highest BCUT2D eigenvalue weighted by atomic mass is 16.1. The summed E-state index contributed by atoms with van der Waals surface area (Å²) in [5, 5.41) is 3.03. The highest BCUT2D eigenvalue weighted by molar-refractivity contribution is 5.93. The van der Waals surface area contributed by atoms with Crippen molar-refractivity contribution in [3.05, 3.63) is 53.5 Å². The number of aryl methyl sites for hydroxylation is 1. The summed E-state index contributed by atoms with van der Waals surface area (Å²) in [6.45, 7) is 8.08. The zero-order valence-corrected chi connectivity index (χ0v) is 15.2. The van der Waals surface area contributed by atoms with E-state index < -0.39 is 0 Å². The topological polar surface area (TPSA) is 58.1 Å². The summed E-state index contributed by atoms with van der Waals surface area (Å²) in [4.78, 5) is 23.8. The number of piperidine rings is 1. The molecular weight excluding hydrogens is 312 g/mol. The SMILES string of the molecule is Cc1nc(C(=O)NC(C)c2ccccc2)cc(N2CCC(C)CC2)n1. The van der Waals surface area contributed by atoms with Crippen LogP contribution in [0, 0.1) is 12.8 Å². The normalized spacial score (nSPS) is 16.5. The van der Waals surface area contributed by atoms with E-state index in [1.807, 2.05) is 50.2 Å². The van der Waals surface area contributed by atoms with Crippen LogP contribution >= 0.6 is 0 Å². The highest BCUT2D eigenvalue weighted by Gasteiger charge is 2.20. The van der Waals surface area contributed by atoms with Crippen LogP contribution in [0.5, 0.6) is 0 Å². The number of nitrogens with zero attached hydrogens (tertiary/aromatic N) is 3. The lowest BCUT2D eigenvalue weighted by Crippen LogP contribution is -2.34. The average molecular weight is 338 g/mol. The van der Waals surface area contributed by atoms with Gasteiger partial charge in [0.05, 0.1) is 6.04 Å². The van der Waals surface area contributed by atoms with Crippen molar-refractivity contribution >= 4 is 11.7 Å². The predicted octanol–water partition coefficient (Wildman–Crippen LogP) is 3.51. The largest absolute Gasteiger partial charge is 0.356 e. The second-order valence-electron chi connectivity index (χ2n) is 6.93. The van der Waals surface area contributed by atoms with Gasteiger partial charge in [0.15, 0.2) is 0 Å². The van der Waals surface area contributed by atoms with Crippen molar-refractivity contribution in [2.45, 2.75) is 39.7 Å². The molecular formula is C20H26N4O. The standard InChI is InChI=1S/C20H26N4O/c1-14-9-11-24(12-10-14)19-13-18(22-16(3)23-19)20(25)21-15(2)17-7-5-4-6-8-17/h4-8,13-15H,9-12H2,1-3H3,(H,21,25). The van der Waals surface area contributed by atoms with E-state index in [2.05, 4.69) is 27.1 Å². The number of benzene rings is 1. The Bertz CT molecular complexity index is 724. The number of carbonyl (C=O) groups excluding carboxylic acids is 1. The van der Waals surface area contributed by atoms with Gasteiger partial charge in [0.25, 0.3) is 5.91 Å². The first-order chi connectivity index (χ1) is 12.0. The second-order valence-corrected chi connectivity index (χ2v) is 6.93. The molecule has 1 amide bonds. The minimum atomic E-state index is -0.159. The minimum absolute atomic E-state index is 0.0664. The molecule has 0 bridgehead atoms. The Morgan fingerprint density at radius 1 is 1.20 bits per heavy atom. The van der Waals surface area contributed by atoms with Gasteiger partial charge in [-0.1, -0.05) is 37.3 Å². The van der Waals surface area contributed by atoms with Gasteiger partial charge in [0.2, 0.25) is 0 Å². The number of carbonyl (C=O) groups is 1. The maximum absolute atomic E-state index is 12.6. The summed E-state index contributed by atoms with van der Waals surface area (Å²) in [5.74, 6) is 2.09. The second kappa shape index (κ2) is 7.64. The lowest BCUT2D eigenvalue weighted by atomic mass is 9.99. The number of anilines is 1. The van der Waals surface area contributed by atoms with Crippen LogP contribution < -0.4 is 10.2 Å². The van der Waals surface area contributed by atoms with Gasteiger partial charge in [-0.2, -0.15) is 0 Å². The summed E-state index contributed by atoms with van der Waals surface area (Å²) in [6.07, 6.45) is 2.32. The van der Waals surface area contributed by atoms with Crippen molar-refractivity contribution in [2.24, 2.45) is 5.92 Å². The van der Waals surface area contributed by atoms with Crippen molar-refractivity contribution in [2.75, 3.05) is 18.0 Å². The lowest BCUT2D eigenvalue weighted by Gasteiger charge is -2.31. The van der Waals surface area contributed by atoms with Gasteiger partial charge in [-0.05, 0) is 38.2 Å². The van der Waals surface area contributed by atoms with E-state index in [4.69, 9.17) is 0 Å². The number of hydrogen-bond acceptors (Lipinski definition) is 4. The van der Waals surface area contributed by atoms with Crippen LogP contribution in [0.2, 0.25) is 0 Å². The molecule has 1 unspecified atom stereocenters. The molecule has 0 radical (unpaired) electrons. The highest BCUT2D eigenvalue weighted by Crippen LogP contribution is 2.22. The summed E-state index contributed by atoms with van der Waals surface area (Å²) in [5.41, 5.74) is 1.51. The van der Waals surface area contributed by atoms with Crippen LogP contribution in [-0.4, -0.2) is 29.0 Å². The summed E-state index contributed by atoms with van der Waals surface area (Å²) in [6, 6.07) is 11.7. The molecule has 1 fully saturated rings. The average Bonchev–Trinajstić information content (AvgIpc) is 2.62. The molecule has 1 aliphatic rings. The van der Waals surface area contributed by atoms with E-state index in [0.717, 1.165) is 43.2 Å². The molecule has 2 heterocycles. The zero-order chi connectivity index (χ0) is 17.8. The Kier molecular flexibility index (Phi) is 5.31. The summed E-state index contributed by atoms with van der Waals surface area (Å²) >= 11 is 0. The Labute approximate surface area is 149 Å². The van der Waals surface area contributed by atoms with Crippen LogP contribution in [0.4, 0.5) is 5.82 Å². The first kappa shape index (κ1) is 17.4. The molecule has 1 aromatic carbocycles. The third-order valence-corrected chi connectivity index (χ3v) is 4.81. The molecule has 132 valence electrons. The van der Waals surface area contributed by atoms with Crippen molar-refractivity contribution in [1.82, 2.24) is 15.3 Å². The van der Waals surface area contributed by atoms with Crippen molar-refractivity contribution < 1.29 is 4.79 Å². The van der Waals surface area contributed by atoms with Crippen molar-refractivity contribution in [3.8, 4) is 0 Å². The quantitative estimate of drug-likeness (QED) is 0.927. The molecule has 5 heteroatoms. The molecule has 1 atom stereocenters. The summed E-state index contributed by atoms with van der Waals surface area (Å²) in [7, 11) is 0. The number of rotatable bonds is 4. The van der Waals surface area contributed by atoms with Gasteiger partial charge < -0.3 is 10.2 Å². The van der Waals surface area contributed by atoms with Crippen LogP contribution in [0.25, 0.3) is 0 Å². The van der Waals surface area contributed by atoms with Gasteiger partial charge in [0, 0.05) is 19.2 Å². The number of amides is 1. The fraction of sp³-hybridized carbons (Fsp3) is 0.450. The van der Waals surface area contributed by atoms with E-state index in [9.17, 15) is 4.79 Å². The number of aromatic nitrogens is 2.